The van der Waals surface area contributed by atoms with Crippen molar-refractivity contribution >= 4 is 17.4 Å². The molecule has 0 bridgehead atoms. The van der Waals surface area contributed by atoms with Crippen molar-refractivity contribution in [2.45, 2.75) is 12.8 Å². The van der Waals surface area contributed by atoms with Gasteiger partial charge in [-0.05, 0) is 18.8 Å². The molecule has 0 saturated carbocycles. The van der Waals surface area contributed by atoms with Crippen molar-refractivity contribution in [3.8, 4) is 0 Å². The number of pyridine rings is 1. The van der Waals surface area contributed by atoms with E-state index in [4.69, 9.17) is 4.74 Å². The topological polar surface area (TPSA) is 106 Å². The second-order valence-corrected chi connectivity index (χ2v) is 4.87. The number of hydrogen-bond donors (Lipinski definition) is 2. The Hall–Kier alpha value is -2.22. The molecule has 0 aromatic carbocycles. The van der Waals surface area contributed by atoms with Crippen LogP contribution in [0.4, 0.5) is 11.5 Å². The number of carbonyl (C=O) groups excluding carboxylic acids is 1. The molecule has 2 N–H and O–H groups in total. The van der Waals surface area contributed by atoms with E-state index < -0.39 is 10.8 Å². The highest BCUT2D eigenvalue weighted by Gasteiger charge is 2.22. The van der Waals surface area contributed by atoms with Crippen molar-refractivity contribution in [2.24, 2.45) is 5.92 Å². The number of anilines is 1. The van der Waals surface area contributed by atoms with Crippen LogP contribution in [0.2, 0.25) is 0 Å². The van der Waals surface area contributed by atoms with Crippen molar-refractivity contribution in [1.82, 2.24) is 10.3 Å². The van der Waals surface area contributed by atoms with Gasteiger partial charge in [0.1, 0.15) is 17.6 Å². The zero-order chi connectivity index (χ0) is 15.2. The number of ether oxygens (including phenoxy) is 1. The number of hydrogen-bond acceptors (Lipinski definition) is 6. The number of nitrogens with zero attached hydrogens (tertiary/aromatic N) is 2. The molecule has 1 aliphatic rings. The zero-order valence-electron chi connectivity index (χ0n) is 11.8. The Morgan fingerprint density at radius 2 is 2.43 bits per heavy atom. The maximum absolute atomic E-state index is 12.1. The summed E-state index contributed by atoms with van der Waals surface area (Å²) in [6.45, 7) is 1.95. The Kier molecular flexibility index (Phi) is 5.04. The molecule has 1 aromatic rings. The fourth-order valence-electron chi connectivity index (χ4n) is 2.21. The molecule has 1 atom stereocenters. The van der Waals surface area contributed by atoms with Gasteiger partial charge in [-0.25, -0.2) is 4.98 Å². The summed E-state index contributed by atoms with van der Waals surface area (Å²) < 4.78 is 5.26. The molecule has 1 fully saturated rings. The van der Waals surface area contributed by atoms with E-state index in [2.05, 4.69) is 15.6 Å². The van der Waals surface area contributed by atoms with Crippen LogP contribution in [0.15, 0.2) is 12.3 Å². The predicted octanol–water partition coefficient (Wildman–Crippen LogP) is 1.19. The normalized spacial score (nSPS) is 17.5. The van der Waals surface area contributed by atoms with Gasteiger partial charge in [0.25, 0.3) is 11.6 Å². The van der Waals surface area contributed by atoms with Crippen molar-refractivity contribution in [1.29, 1.82) is 0 Å². The lowest BCUT2D eigenvalue weighted by Gasteiger charge is -2.09. The summed E-state index contributed by atoms with van der Waals surface area (Å²) in [6.07, 6.45) is 2.89. The third kappa shape index (κ3) is 3.88. The molecular formula is C13H18N4O4. The minimum Gasteiger partial charge on any atom is -0.381 e. The SMILES string of the molecule is CNc1cc(C(=O)NCCC2CCOC2)c([N+](=O)[O-])cn1. The van der Waals surface area contributed by atoms with Gasteiger partial charge in [0, 0.05) is 32.9 Å². The lowest BCUT2D eigenvalue weighted by molar-refractivity contribution is -0.385. The van der Waals surface area contributed by atoms with Crippen LogP contribution in [0.5, 0.6) is 0 Å². The smallest absolute Gasteiger partial charge is 0.300 e. The van der Waals surface area contributed by atoms with Gasteiger partial charge in [-0.3, -0.25) is 14.9 Å². The van der Waals surface area contributed by atoms with Crippen LogP contribution in [-0.4, -0.2) is 42.6 Å². The second-order valence-electron chi connectivity index (χ2n) is 4.87. The Labute approximate surface area is 122 Å². The van der Waals surface area contributed by atoms with Gasteiger partial charge in [-0.15, -0.1) is 0 Å². The van der Waals surface area contributed by atoms with Gasteiger partial charge in [0.2, 0.25) is 0 Å². The lowest BCUT2D eigenvalue weighted by atomic mass is 10.1. The van der Waals surface area contributed by atoms with Crippen LogP contribution in [0.1, 0.15) is 23.2 Å². The van der Waals surface area contributed by atoms with E-state index in [-0.39, 0.29) is 11.3 Å². The van der Waals surface area contributed by atoms with Gasteiger partial charge < -0.3 is 15.4 Å². The van der Waals surface area contributed by atoms with E-state index in [0.29, 0.717) is 18.3 Å². The maximum atomic E-state index is 12.1. The van der Waals surface area contributed by atoms with E-state index in [0.717, 1.165) is 32.3 Å². The fraction of sp³-hybridized carbons (Fsp3) is 0.538. The molecule has 1 amide bonds. The molecule has 1 saturated heterocycles. The largest absolute Gasteiger partial charge is 0.381 e. The number of nitro groups is 1. The van der Waals surface area contributed by atoms with Crippen LogP contribution in [0.25, 0.3) is 0 Å². The summed E-state index contributed by atoms with van der Waals surface area (Å²) in [5.74, 6) is 0.403. The predicted molar refractivity (Wildman–Crippen MR) is 76.3 cm³/mol. The number of amides is 1. The van der Waals surface area contributed by atoms with Crippen LogP contribution >= 0.6 is 0 Å². The quantitative estimate of drug-likeness (QED) is 0.603. The van der Waals surface area contributed by atoms with Gasteiger partial charge in [0.15, 0.2) is 0 Å². The van der Waals surface area contributed by atoms with Crippen LogP contribution in [0, 0.1) is 16.0 Å². The number of aromatic nitrogens is 1. The Morgan fingerprint density at radius 3 is 3.05 bits per heavy atom. The highest BCUT2D eigenvalue weighted by atomic mass is 16.6. The molecule has 0 spiro atoms. The first-order valence-electron chi connectivity index (χ1n) is 6.80. The first-order chi connectivity index (χ1) is 10.1. The van der Waals surface area contributed by atoms with E-state index >= 15 is 0 Å². The van der Waals surface area contributed by atoms with Gasteiger partial charge in [-0.2, -0.15) is 0 Å². The average molecular weight is 294 g/mol. The van der Waals surface area contributed by atoms with Gasteiger partial charge in [-0.1, -0.05) is 0 Å². The molecule has 21 heavy (non-hydrogen) atoms. The van der Waals surface area contributed by atoms with Crippen molar-refractivity contribution in [3.63, 3.8) is 0 Å². The Balaban J connectivity index is 2.00. The van der Waals surface area contributed by atoms with Crippen molar-refractivity contribution < 1.29 is 14.5 Å². The molecule has 1 unspecified atom stereocenters. The molecular weight excluding hydrogens is 276 g/mol. The number of rotatable bonds is 6. The minimum absolute atomic E-state index is 0.0158. The second kappa shape index (κ2) is 6.98. The minimum atomic E-state index is -0.605. The van der Waals surface area contributed by atoms with Crippen LogP contribution < -0.4 is 10.6 Å². The third-order valence-electron chi connectivity index (χ3n) is 3.44. The summed E-state index contributed by atoms with van der Waals surface area (Å²) in [5.41, 5.74) is -0.280. The molecule has 114 valence electrons. The zero-order valence-corrected chi connectivity index (χ0v) is 11.8. The summed E-state index contributed by atoms with van der Waals surface area (Å²) in [6, 6.07) is 1.38. The Morgan fingerprint density at radius 1 is 1.62 bits per heavy atom. The van der Waals surface area contributed by atoms with Crippen molar-refractivity contribution in [2.75, 3.05) is 32.1 Å². The summed E-state index contributed by atoms with van der Waals surface area (Å²) in [7, 11) is 1.63. The monoisotopic (exact) mass is 294 g/mol. The fourth-order valence-corrected chi connectivity index (χ4v) is 2.21. The highest BCUT2D eigenvalue weighted by molar-refractivity contribution is 5.98. The number of nitrogens with one attached hydrogen (secondary N) is 2. The lowest BCUT2D eigenvalue weighted by Crippen LogP contribution is -2.27. The molecule has 1 aromatic heterocycles. The molecule has 2 heterocycles. The summed E-state index contributed by atoms with van der Waals surface area (Å²) >= 11 is 0. The van der Waals surface area contributed by atoms with E-state index in [1.165, 1.54) is 6.07 Å². The molecule has 8 nitrogen and oxygen atoms in total. The highest BCUT2D eigenvalue weighted by Crippen LogP contribution is 2.20. The van der Waals surface area contributed by atoms with E-state index in [1.54, 1.807) is 7.05 Å². The standard InChI is InChI=1S/C13H18N4O4/c1-14-12-6-10(11(7-16-12)17(19)20)13(18)15-4-2-9-3-5-21-8-9/h6-7,9H,2-5,8H2,1H3,(H,14,16)(H,15,18). The van der Waals surface area contributed by atoms with Gasteiger partial charge in [0.05, 0.1) is 4.92 Å². The molecule has 0 radical (unpaired) electrons. The van der Waals surface area contributed by atoms with Crippen molar-refractivity contribution in [3.05, 3.63) is 27.9 Å². The summed E-state index contributed by atoms with van der Waals surface area (Å²) in [5, 5.41) is 16.4. The molecule has 8 heteroatoms. The number of carbonyl (C=O) groups is 1. The first kappa shape index (κ1) is 15.2. The summed E-state index contributed by atoms with van der Waals surface area (Å²) in [4.78, 5) is 26.3. The van der Waals surface area contributed by atoms with Crippen LogP contribution in [-0.2, 0) is 4.74 Å². The molecule has 0 aliphatic carbocycles. The first-order valence-corrected chi connectivity index (χ1v) is 6.80. The average Bonchev–Trinajstić information content (AvgIpc) is 2.99. The van der Waals surface area contributed by atoms with Gasteiger partial charge >= 0.3 is 0 Å². The molecule has 2 rings (SSSR count). The third-order valence-corrected chi connectivity index (χ3v) is 3.44. The maximum Gasteiger partial charge on any atom is 0.300 e. The Bertz CT molecular complexity index is 529. The molecule has 1 aliphatic heterocycles. The van der Waals surface area contributed by atoms with E-state index in [1.807, 2.05) is 0 Å². The van der Waals surface area contributed by atoms with E-state index in [9.17, 15) is 14.9 Å². The van der Waals surface area contributed by atoms with Crippen LogP contribution in [0.3, 0.4) is 0 Å².